The van der Waals surface area contributed by atoms with Gasteiger partial charge in [0.25, 0.3) is 0 Å². The quantitative estimate of drug-likeness (QED) is 0.764. The number of carbonyl (C=O) groups is 2. The van der Waals surface area contributed by atoms with Crippen molar-refractivity contribution in [3.8, 4) is 0 Å². The van der Waals surface area contributed by atoms with E-state index in [9.17, 15) is 9.59 Å². The molecule has 0 spiro atoms. The van der Waals surface area contributed by atoms with Crippen molar-refractivity contribution in [1.82, 2.24) is 9.80 Å². The van der Waals surface area contributed by atoms with Gasteiger partial charge >= 0.3 is 6.03 Å². The number of urea groups is 1. The molecule has 1 aliphatic heterocycles. The van der Waals surface area contributed by atoms with Crippen LogP contribution in [-0.4, -0.2) is 47.9 Å². The zero-order valence-electron chi connectivity index (χ0n) is 17.3. The average Bonchev–Trinajstić information content (AvgIpc) is 2.68. The molecule has 0 bridgehead atoms. The predicted molar refractivity (Wildman–Crippen MR) is 111 cm³/mol. The minimum absolute atomic E-state index is 0.0867. The molecule has 1 atom stereocenters. The second kappa shape index (κ2) is 10.3. The summed E-state index contributed by atoms with van der Waals surface area (Å²) in [6, 6.07) is 7.68. The molecule has 0 radical (unpaired) electrons. The molecule has 3 amide bonds. The molecular weight excluding hydrogens is 338 g/mol. The van der Waals surface area contributed by atoms with Gasteiger partial charge in [-0.2, -0.15) is 0 Å². The van der Waals surface area contributed by atoms with Gasteiger partial charge in [-0.3, -0.25) is 4.79 Å². The van der Waals surface area contributed by atoms with Crippen molar-refractivity contribution in [2.45, 2.75) is 53.4 Å². The molecule has 1 aliphatic rings. The average molecular weight is 374 g/mol. The van der Waals surface area contributed by atoms with Crippen LogP contribution < -0.4 is 5.32 Å². The summed E-state index contributed by atoms with van der Waals surface area (Å²) in [6.45, 7) is 11.2. The Morgan fingerprint density at radius 1 is 1.26 bits per heavy atom. The number of hydrogen-bond acceptors (Lipinski definition) is 2. The summed E-state index contributed by atoms with van der Waals surface area (Å²) in [5, 5.41) is 2.97. The maximum atomic E-state index is 13.0. The van der Waals surface area contributed by atoms with Crippen LogP contribution in [0.1, 0.15) is 52.0 Å². The lowest BCUT2D eigenvalue weighted by Gasteiger charge is -2.35. The van der Waals surface area contributed by atoms with Crippen LogP contribution >= 0.6 is 0 Å². The molecule has 27 heavy (non-hydrogen) atoms. The highest BCUT2D eigenvalue weighted by molar-refractivity contribution is 5.90. The molecule has 1 aromatic carbocycles. The van der Waals surface area contributed by atoms with E-state index in [1.54, 1.807) is 4.90 Å². The third kappa shape index (κ3) is 5.98. The fraction of sp³-hybridized carbons (Fsp3) is 0.636. The number of aryl methyl sites for hydroxylation is 1. The number of piperidine rings is 1. The van der Waals surface area contributed by atoms with Crippen molar-refractivity contribution in [3.63, 3.8) is 0 Å². The lowest BCUT2D eigenvalue weighted by atomic mass is 9.95. The molecule has 1 aromatic rings. The number of nitrogens with one attached hydrogen (secondary N) is 1. The predicted octanol–water partition coefficient (Wildman–Crippen LogP) is 4.52. The third-order valence-corrected chi connectivity index (χ3v) is 5.65. The Labute approximate surface area is 164 Å². The van der Waals surface area contributed by atoms with Crippen molar-refractivity contribution in [3.05, 3.63) is 29.8 Å². The van der Waals surface area contributed by atoms with E-state index in [-0.39, 0.29) is 17.9 Å². The van der Waals surface area contributed by atoms with Crippen LogP contribution in [-0.2, 0) is 4.79 Å². The summed E-state index contributed by atoms with van der Waals surface area (Å²) in [6.07, 6.45) is 3.93. The maximum Gasteiger partial charge on any atom is 0.321 e. The van der Waals surface area contributed by atoms with Crippen molar-refractivity contribution >= 4 is 17.6 Å². The van der Waals surface area contributed by atoms with E-state index in [4.69, 9.17) is 0 Å². The van der Waals surface area contributed by atoms with Crippen LogP contribution in [0.5, 0.6) is 0 Å². The van der Waals surface area contributed by atoms with E-state index in [1.165, 1.54) is 0 Å². The standard InChI is InChI=1S/C22H35N3O2/c1-5-18(6-2)15-24(7-3)21(26)19-11-9-13-25(16-19)22(27)23-20-12-8-10-17(4)14-20/h8,10,12,14,18-19H,5-7,9,11,13,15-16H2,1-4H3,(H,23,27). The Kier molecular flexibility index (Phi) is 8.14. The van der Waals surface area contributed by atoms with Crippen LogP contribution in [0, 0.1) is 18.8 Å². The molecule has 1 unspecified atom stereocenters. The number of nitrogens with zero attached hydrogens (tertiary/aromatic N) is 2. The van der Waals surface area contributed by atoms with Crippen molar-refractivity contribution in [2.24, 2.45) is 11.8 Å². The van der Waals surface area contributed by atoms with Gasteiger partial charge in [0.05, 0.1) is 5.92 Å². The van der Waals surface area contributed by atoms with Crippen LogP contribution in [0.15, 0.2) is 24.3 Å². The molecule has 5 heteroatoms. The van der Waals surface area contributed by atoms with Crippen LogP contribution in [0.25, 0.3) is 0 Å². The van der Waals surface area contributed by atoms with Gasteiger partial charge in [0.2, 0.25) is 5.91 Å². The van der Waals surface area contributed by atoms with Crippen LogP contribution in [0.4, 0.5) is 10.5 Å². The minimum Gasteiger partial charge on any atom is -0.342 e. The van der Waals surface area contributed by atoms with E-state index < -0.39 is 0 Å². The Bertz CT molecular complexity index is 628. The number of carbonyl (C=O) groups excluding carboxylic acids is 2. The van der Waals surface area contributed by atoms with Crippen LogP contribution in [0.3, 0.4) is 0 Å². The molecule has 0 saturated carbocycles. The Balaban J connectivity index is 1.97. The summed E-state index contributed by atoms with van der Waals surface area (Å²) >= 11 is 0. The minimum atomic E-state index is -0.110. The summed E-state index contributed by atoms with van der Waals surface area (Å²) in [7, 11) is 0. The van der Waals surface area contributed by atoms with E-state index in [0.29, 0.717) is 19.0 Å². The summed E-state index contributed by atoms with van der Waals surface area (Å²) in [4.78, 5) is 29.5. The molecule has 1 saturated heterocycles. The van der Waals surface area contributed by atoms with E-state index in [0.717, 1.165) is 50.0 Å². The molecule has 1 N–H and O–H groups in total. The number of rotatable bonds is 7. The van der Waals surface area contributed by atoms with E-state index in [2.05, 4.69) is 19.2 Å². The topological polar surface area (TPSA) is 52.7 Å². The SMILES string of the molecule is CCC(CC)CN(CC)C(=O)C1CCCN(C(=O)Nc2cccc(C)c2)C1. The van der Waals surface area contributed by atoms with Gasteiger partial charge in [0.1, 0.15) is 0 Å². The fourth-order valence-corrected chi connectivity index (χ4v) is 3.78. The van der Waals surface area contributed by atoms with Gasteiger partial charge in [0, 0.05) is 31.9 Å². The van der Waals surface area contributed by atoms with Gasteiger partial charge in [-0.05, 0) is 50.3 Å². The van der Waals surface area contributed by atoms with Gasteiger partial charge in [-0.25, -0.2) is 4.79 Å². The van der Waals surface area contributed by atoms with Crippen molar-refractivity contribution < 1.29 is 9.59 Å². The molecule has 0 aliphatic carbocycles. The number of hydrogen-bond donors (Lipinski definition) is 1. The molecular formula is C22H35N3O2. The third-order valence-electron chi connectivity index (χ3n) is 5.65. The number of likely N-dealkylation sites (tertiary alicyclic amines) is 1. The highest BCUT2D eigenvalue weighted by atomic mass is 16.2. The van der Waals surface area contributed by atoms with Crippen molar-refractivity contribution in [1.29, 1.82) is 0 Å². The number of anilines is 1. The van der Waals surface area contributed by atoms with E-state index >= 15 is 0 Å². The highest BCUT2D eigenvalue weighted by Gasteiger charge is 2.31. The largest absolute Gasteiger partial charge is 0.342 e. The van der Waals surface area contributed by atoms with Gasteiger partial charge in [0.15, 0.2) is 0 Å². The Morgan fingerprint density at radius 3 is 2.63 bits per heavy atom. The first-order valence-electron chi connectivity index (χ1n) is 10.4. The lowest BCUT2D eigenvalue weighted by Crippen LogP contribution is -2.48. The summed E-state index contributed by atoms with van der Waals surface area (Å²) < 4.78 is 0. The first-order valence-corrected chi connectivity index (χ1v) is 10.4. The smallest absolute Gasteiger partial charge is 0.321 e. The maximum absolute atomic E-state index is 13.0. The van der Waals surface area contributed by atoms with Gasteiger partial charge in [-0.1, -0.05) is 38.8 Å². The van der Waals surface area contributed by atoms with Crippen molar-refractivity contribution in [2.75, 3.05) is 31.5 Å². The zero-order valence-corrected chi connectivity index (χ0v) is 17.3. The Morgan fingerprint density at radius 2 is 2.00 bits per heavy atom. The van der Waals surface area contributed by atoms with Gasteiger partial charge < -0.3 is 15.1 Å². The molecule has 2 rings (SSSR count). The first kappa shape index (κ1) is 21.3. The molecule has 0 aromatic heterocycles. The second-order valence-electron chi connectivity index (χ2n) is 7.64. The molecule has 150 valence electrons. The monoisotopic (exact) mass is 373 g/mol. The molecule has 1 heterocycles. The van der Waals surface area contributed by atoms with Crippen LogP contribution in [0.2, 0.25) is 0 Å². The number of amides is 3. The normalized spacial score (nSPS) is 17.1. The summed E-state index contributed by atoms with van der Waals surface area (Å²) in [5.41, 5.74) is 1.91. The van der Waals surface area contributed by atoms with Gasteiger partial charge in [-0.15, -0.1) is 0 Å². The summed E-state index contributed by atoms with van der Waals surface area (Å²) in [5.74, 6) is 0.673. The lowest BCUT2D eigenvalue weighted by molar-refractivity contribution is -0.137. The number of benzene rings is 1. The Hall–Kier alpha value is -2.04. The highest BCUT2D eigenvalue weighted by Crippen LogP contribution is 2.21. The molecule has 5 nitrogen and oxygen atoms in total. The second-order valence-corrected chi connectivity index (χ2v) is 7.64. The first-order chi connectivity index (χ1) is 13.0. The van der Waals surface area contributed by atoms with E-state index in [1.807, 2.05) is 43.0 Å². The molecule has 1 fully saturated rings. The zero-order chi connectivity index (χ0) is 19.8. The fourth-order valence-electron chi connectivity index (χ4n) is 3.78.